The van der Waals surface area contributed by atoms with Crippen molar-refractivity contribution < 1.29 is 32.0 Å². The SMILES string of the molecule is COc1cc(C)c(S(=O)(=O)Cc2nc(C(=O)NC3CCN(C(=O)OC(C)(C)C)CC3(C)C)no2)c(C)c1. The predicted octanol–water partition coefficient (Wildman–Crippen LogP) is 3.43. The molecule has 2 amide bonds. The van der Waals surface area contributed by atoms with Crippen LogP contribution in [0.1, 0.15) is 68.7 Å². The summed E-state index contributed by atoms with van der Waals surface area (Å²) in [6, 6.07) is 3.01. The van der Waals surface area contributed by atoms with Gasteiger partial charge in [-0.1, -0.05) is 19.0 Å². The fraction of sp³-hybridized carbons (Fsp3) is 0.600. The standard InChI is InChI=1S/C25H36N4O7S/c1-15-11-17(34-8)12-16(2)20(15)37(32,33)13-19-27-21(28-36-19)22(30)26-18-9-10-29(14-25(18,6)7)23(31)35-24(3,4)5/h11-12,18H,9-10,13-14H2,1-8H3,(H,26,30). The van der Waals surface area contributed by atoms with Gasteiger partial charge in [-0.3, -0.25) is 4.79 Å². The van der Waals surface area contributed by atoms with E-state index in [0.717, 1.165) is 0 Å². The number of carbonyl (C=O) groups is 2. The second kappa shape index (κ2) is 10.3. The Morgan fingerprint density at radius 3 is 2.38 bits per heavy atom. The number of sulfone groups is 1. The van der Waals surface area contributed by atoms with Crippen LogP contribution in [0.25, 0.3) is 0 Å². The minimum Gasteiger partial charge on any atom is -0.497 e. The number of aryl methyl sites for hydroxylation is 2. The molecule has 0 radical (unpaired) electrons. The molecule has 2 heterocycles. The third-order valence-electron chi connectivity index (χ3n) is 6.15. The molecule has 37 heavy (non-hydrogen) atoms. The molecule has 1 aliphatic rings. The summed E-state index contributed by atoms with van der Waals surface area (Å²) in [4.78, 5) is 31.2. The van der Waals surface area contributed by atoms with E-state index >= 15 is 0 Å². The molecule has 1 aromatic carbocycles. The van der Waals surface area contributed by atoms with Gasteiger partial charge in [0.15, 0.2) is 9.84 Å². The van der Waals surface area contributed by atoms with Crippen LogP contribution in [0.15, 0.2) is 21.6 Å². The molecule has 1 N–H and O–H groups in total. The number of amides is 2. The number of benzene rings is 1. The number of hydrogen-bond donors (Lipinski definition) is 1. The maximum Gasteiger partial charge on any atom is 0.410 e. The van der Waals surface area contributed by atoms with Crippen molar-refractivity contribution in [2.24, 2.45) is 5.41 Å². The monoisotopic (exact) mass is 536 g/mol. The van der Waals surface area contributed by atoms with E-state index in [9.17, 15) is 18.0 Å². The minimum absolute atomic E-state index is 0.163. The second-order valence-corrected chi connectivity index (χ2v) is 13.0. The highest BCUT2D eigenvalue weighted by molar-refractivity contribution is 7.90. The summed E-state index contributed by atoms with van der Waals surface area (Å²) in [5.41, 5.74) is 0.0222. The number of nitrogens with zero attached hydrogens (tertiary/aromatic N) is 3. The Morgan fingerprint density at radius 2 is 1.84 bits per heavy atom. The molecular weight excluding hydrogens is 500 g/mol. The van der Waals surface area contributed by atoms with Crippen LogP contribution in [0.3, 0.4) is 0 Å². The fourth-order valence-electron chi connectivity index (χ4n) is 4.49. The van der Waals surface area contributed by atoms with Crippen molar-refractivity contribution in [3.63, 3.8) is 0 Å². The average Bonchev–Trinajstić information content (AvgIpc) is 3.20. The Morgan fingerprint density at radius 1 is 1.22 bits per heavy atom. The van der Waals surface area contributed by atoms with Crippen LogP contribution in [0.2, 0.25) is 0 Å². The number of aromatic nitrogens is 2. The van der Waals surface area contributed by atoms with Crippen LogP contribution in [-0.4, -0.2) is 67.3 Å². The molecule has 1 saturated heterocycles. The number of rotatable bonds is 6. The number of nitrogens with one attached hydrogen (secondary N) is 1. The highest BCUT2D eigenvalue weighted by Crippen LogP contribution is 2.31. The lowest BCUT2D eigenvalue weighted by molar-refractivity contribution is 0.00264. The lowest BCUT2D eigenvalue weighted by atomic mass is 9.79. The highest BCUT2D eigenvalue weighted by atomic mass is 32.2. The van der Waals surface area contributed by atoms with Crippen LogP contribution >= 0.6 is 0 Å². The van der Waals surface area contributed by atoms with Crippen LogP contribution < -0.4 is 10.1 Å². The van der Waals surface area contributed by atoms with Crippen molar-refractivity contribution in [2.75, 3.05) is 20.2 Å². The number of likely N-dealkylation sites (tertiary alicyclic amines) is 1. The molecule has 1 fully saturated rings. The quantitative estimate of drug-likeness (QED) is 0.588. The zero-order valence-corrected chi connectivity index (χ0v) is 23.5. The number of ether oxygens (including phenoxy) is 2. The highest BCUT2D eigenvalue weighted by Gasteiger charge is 2.40. The van der Waals surface area contributed by atoms with Gasteiger partial charge >= 0.3 is 6.09 Å². The van der Waals surface area contributed by atoms with E-state index in [0.29, 0.717) is 36.4 Å². The number of piperidine rings is 1. The molecule has 1 unspecified atom stereocenters. The Labute approximate surface area is 217 Å². The summed E-state index contributed by atoms with van der Waals surface area (Å²) in [6.07, 6.45) is 0.115. The third kappa shape index (κ3) is 6.79. The van der Waals surface area contributed by atoms with Gasteiger partial charge in [-0.15, -0.1) is 0 Å². The first-order valence-electron chi connectivity index (χ1n) is 12.0. The van der Waals surface area contributed by atoms with Crippen molar-refractivity contribution >= 4 is 21.8 Å². The molecule has 204 valence electrons. The molecule has 0 aliphatic carbocycles. The predicted molar refractivity (Wildman–Crippen MR) is 135 cm³/mol. The van der Waals surface area contributed by atoms with Crippen LogP contribution in [-0.2, 0) is 20.3 Å². The maximum absolute atomic E-state index is 13.1. The summed E-state index contributed by atoms with van der Waals surface area (Å²) in [5, 5.41) is 6.60. The van der Waals surface area contributed by atoms with Gasteiger partial charge in [-0.05, 0) is 64.3 Å². The summed E-state index contributed by atoms with van der Waals surface area (Å²) in [7, 11) is -2.31. The Bertz CT molecular complexity index is 1260. The zero-order valence-electron chi connectivity index (χ0n) is 22.7. The van der Waals surface area contributed by atoms with Gasteiger partial charge in [0.2, 0.25) is 5.89 Å². The minimum atomic E-state index is -3.82. The smallest absolute Gasteiger partial charge is 0.410 e. The average molecular weight is 537 g/mol. The van der Waals surface area contributed by atoms with E-state index in [2.05, 4.69) is 15.5 Å². The molecular formula is C25H36N4O7S. The van der Waals surface area contributed by atoms with Crippen LogP contribution in [0, 0.1) is 19.3 Å². The van der Waals surface area contributed by atoms with E-state index in [1.807, 2.05) is 34.6 Å². The van der Waals surface area contributed by atoms with Gasteiger partial charge in [0.05, 0.1) is 12.0 Å². The van der Waals surface area contributed by atoms with Gasteiger partial charge in [0, 0.05) is 24.5 Å². The van der Waals surface area contributed by atoms with E-state index in [1.165, 1.54) is 7.11 Å². The molecule has 0 saturated carbocycles. The number of methoxy groups -OCH3 is 1. The van der Waals surface area contributed by atoms with E-state index < -0.39 is 38.6 Å². The molecule has 3 rings (SSSR count). The van der Waals surface area contributed by atoms with Crippen molar-refractivity contribution in [3.8, 4) is 5.75 Å². The van der Waals surface area contributed by atoms with Crippen LogP contribution in [0.4, 0.5) is 4.79 Å². The Kier molecular flexibility index (Phi) is 7.92. The molecule has 0 bridgehead atoms. The molecule has 1 aromatic heterocycles. The van der Waals surface area contributed by atoms with E-state index in [-0.39, 0.29) is 22.7 Å². The van der Waals surface area contributed by atoms with E-state index in [1.54, 1.807) is 30.9 Å². The molecule has 1 aliphatic heterocycles. The summed E-state index contributed by atoms with van der Waals surface area (Å²) >= 11 is 0. The number of hydrogen-bond acceptors (Lipinski definition) is 9. The third-order valence-corrected chi connectivity index (χ3v) is 8.04. The molecule has 2 aromatic rings. The molecule has 11 nitrogen and oxygen atoms in total. The normalized spacial score (nSPS) is 17.8. The lowest BCUT2D eigenvalue weighted by Crippen LogP contribution is -2.57. The van der Waals surface area contributed by atoms with Gasteiger partial charge < -0.3 is 24.2 Å². The van der Waals surface area contributed by atoms with Crippen molar-refractivity contribution in [3.05, 3.63) is 35.0 Å². The van der Waals surface area contributed by atoms with Crippen LogP contribution in [0.5, 0.6) is 5.75 Å². The molecule has 1 atom stereocenters. The molecule has 0 spiro atoms. The summed E-state index contributed by atoms with van der Waals surface area (Å²) in [6.45, 7) is 13.5. The van der Waals surface area contributed by atoms with Gasteiger partial charge in [0.25, 0.3) is 11.7 Å². The molecule has 12 heteroatoms. The zero-order chi connectivity index (χ0) is 27.8. The summed E-state index contributed by atoms with van der Waals surface area (Å²) in [5.74, 6) is -0.989. The van der Waals surface area contributed by atoms with Gasteiger partial charge in [-0.25, -0.2) is 13.2 Å². The van der Waals surface area contributed by atoms with E-state index in [4.69, 9.17) is 14.0 Å². The first kappa shape index (κ1) is 28.4. The maximum atomic E-state index is 13.1. The Balaban J connectivity index is 1.67. The second-order valence-electron chi connectivity index (χ2n) is 11.1. The van der Waals surface area contributed by atoms with Gasteiger partial charge in [-0.2, -0.15) is 4.98 Å². The first-order valence-corrected chi connectivity index (χ1v) is 13.7. The summed E-state index contributed by atoms with van der Waals surface area (Å²) < 4.78 is 41.9. The van der Waals surface area contributed by atoms with Gasteiger partial charge in [0.1, 0.15) is 17.1 Å². The lowest BCUT2D eigenvalue weighted by Gasteiger charge is -2.44. The largest absolute Gasteiger partial charge is 0.497 e. The van der Waals surface area contributed by atoms with Crippen molar-refractivity contribution in [1.82, 2.24) is 20.4 Å². The fourth-order valence-corrected chi connectivity index (χ4v) is 6.17. The Hall–Kier alpha value is -3.15. The first-order chi connectivity index (χ1) is 17.0. The van der Waals surface area contributed by atoms with Crippen molar-refractivity contribution in [2.45, 2.75) is 77.2 Å². The van der Waals surface area contributed by atoms with Crippen molar-refractivity contribution in [1.29, 1.82) is 0 Å². The number of carbonyl (C=O) groups excluding carboxylic acids is 2. The topological polar surface area (TPSA) is 141 Å².